The number of anilines is 2. The Kier molecular flexibility index (Phi) is 6.99. The molecule has 3 atom stereocenters. The van der Waals surface area contributed by atoms with Gasteiger partial charge in [0.15, 0.2) is 0 Å². The lowest BCUT2D eigenvalue weighted by molar-refractivity contribution is -0.127. The molecule has 1 aromatic rings. The number of fused-ring (bicyclic) bond motifs is 2. The molecule has 0 spiro atoms. The summed E-state index contributed by atoms with van der Waals surface area (Å²) in [4.78, 5) is 20.2. The lowest BCUT2D eigenvalue weighted by Gasteiger charge is -2.31. The van der Waals surface area contributed by atoms with Crippen molar-refractivity contribution >= 4 is 39.4 Å². The number of rotatable bonds is 4. The van der Waals surface area contributed by atoms with Crippen molar-refractivity contribution in [3.05, 3.63) is 69.9 Å². The Balaban J connectivity index is 1.60. The maximum absolute atomic E-state index is 13.8. The van der Waals surface area contributed by atoms with E-state index in [0.717, 1.165) is 47.1 Å². The molecule has 32 heavy (non-hydrogen) atoms. The van der Waals surface area contributed by atoms with Crippen LogP contribution in [0.15, 0.2) is 74.9 Å². The van der Waals surface area contributed by atoms with Crippen molar-refractivity contribution in [1.82, 2.24) is 4.90 Å². The summed E-state index contributed by atoms with van der Waals surface area (Å²) in [6.07, 6.45) is 14.5. The molecule has 2 heterocycles. The van der Waals surface area contributed by atoms with Gasteiger partial charge in [0.2, 0.25) is 0 Å². The maximum Gasteiger partial charge on any atom is 0.255 e. The summed E-state index contributed by atoms with van der Waals surface area (Å²) in [5, 5.41) is 3.67. The molecule has 1 aliphatic carbocycles. The second-order valence-electron chi connectivity index (χ2n) is 9.02. The molecule has 1 saturated heterocycles. The van der Waals surface area contributed by atoms with E-state index < -0.39 is 0 Å². The fourth-order valence-electron chi connectivity index (χ4n) is 4.85. The van der Waals surface area contributed by atoms with Crippen LogP contribution in [0, 0.1) is 11.8 Å². The van der Waals surface area contributed by atoms with Crippen molar-refractivity contribution in [1.29, 1.82) is 0 Å². The van der Waals surface area contributed by atoms with Crippen LogP contribution in [0.5, 0.6) is 0 Å². The number of likely N-dealkylation sites (tertiary alicyclic amines) is 1. The number of amides is 1. The summed E-state index contributed by atoms with van der Waals surface area (Å²) < 4.78 is 0.957. The van der Waals surface area contributed by atoms with Gasteiger partial charge in [-0.15, -0.1) is 0 Å². The predicted molar refractivity (Wildman–Crippen MR) is 137 cm³/mol. The van der Waals surface area contributed by atoms with Crippen molar-refractivity contribution in [2.24, 2.45) is 16.8 Å². The molecule has 3 unspecified atom stereocenters. The van der Waals surface area contributed by atoms with Crippen molar-refractivity contribution < 1.29 is 4.79 Å². The number of allylic oxidation sites excluding steroid dienone is 5. The zero-order chi connectivity index (χ0) is 22.7. The average molecular weight is 495 g/mol. The molecule has 5 nitrogen and oxygen atoms in total. The van der Waals surface area contributed by atoms with Gasteiger partial charge in [-0.3, -0.25) is 9.79 Å². The molecule has 6 heteroatoms. The number of hydrogen-bond acceptors (Lipinski definition) is 4. The van der Waals surface area contributed by atoms with E-state index in [0.29, 0.717) is 29.6 Å². The van der Waals surface area contributed by atoms with Gasteiger partial charge in [-0.05, 0) is 54.0 Å². The molecule has 1 fully saturated rings. The summed E-state index contributed by atoms with van der Waals surface area (Å²) in [7, 11) is 0. The van der Waals surface area contributed by atoms with Crippen LogP contribution in [-0.4, -0.2) is 36.2 Å². The molecule has 0 radical (unpaired) electrons. The van der Waals surface area contributed by atoms with Gasteiger partial charge in [-0.25, -0.2) is 0 Å². The van der Waals surface area contributed by atoms with Crippen molar-refractivity contribution in [2.45, 2.75) is 39.2 Å². The summed E-state index contributed by atoms with van der Waals surface area (Å²) in [6.45, 7) is 5.86. The van der Waals surface area contributed by atoms with Crippen molar-refractivity contribution in [2.75, 3.05) is 24.1 Å². The second kappa shape index (κ2) is 9.90. The van der Waals surface area contributed by atoms with E-state index in [9.17, 15) is 4.79 Å². The standard InChI is InChI=1S/C26H31BrN4O/c1-3-19-10-17(2)15-31(16-25(19)30-24-9-8-21(27)12-23(24)28)26(32)22-14-29-13-18-6-4-5-7-20(22)11-18/h4-9,12-14,17,19,25,30H,3,10-11,15-16,28H2,1-2H3. The van der Waals surface area contributed by atoms with E-state index in [2.05, 4.69) is 46.2 Å². The number of carbonyl (C=O) groups is 1. The number of carbonyl (C=O) groups excluding carboxylic acids is 1. The Morgan fingerprint density at radius 3 is 2.88 bits per heavy atom. The normalized spacial score (nSPS) is 25.2. The minimum atomic E-state index is 0.0594. The minimum Gasteiger partial charge on any atom is -0.397 e. The van der Waals surface area contributed by atoms with Crippen LogP contribution in [0.1, 0.15) is 33.1 Å². The summed E-state index contributed by atoms with van der Waals surface area (Å²) in [5.41, 5.74) is 10.7. The third-order valence-corrected chi connectivity index (χ3v) is 7.02. The number of halogens is 1. The number of nitrogens with two attached hydrogens (primary N) is 1. The van der Waals surface area contributed by atoms with E-state index in [1.165, 1.54) is 0 Å². The zero-order valence-corrected chi connectivity index (χ0v) is 20.3. The highest BCUT2D eigenvalue weighted by Gasteiger charge is 2.33. The van der Waals surface area contributed by atoms with Crippen molar-refractivity contribution in [3.63, 3.8) is 0 Å². The van der Waals surface area contributed by atoms with Crippen LogP contribution in [-0.2, 0) is 4.79 Å². The summed E-state index contributed by atoms with van der Waals surface area (Å²) >= 11 is 3.48. The van der Waals surface area contributed by atoms with E-state index in [1.807, 2.05) is 47.5 Å². The Hall–Kier alpha value is -2.60. The molecule has 1 aromatic carbocycles. The Morgan fingerprint density at radius 1 is 1.28 bits per heavy atom. The SMILES string of the molecule is CCC1CC(C)CN(C(=O)C2=CN=CC3=CC=CC=C2C3)CC1Nc1ccc(Br)cc1N. The topological polar surface area (TPSA) is 70.7 Å². The molecule has 2 bridgehead atoms. The fourth-order valence-corrected chi connectivity index (χ4v) is 5.23. The molecule has 4 rings (SSSR count). The smallest absolute Gasteiger partial charge is 0.255 e. The first-order valence-electron chi connectivity index (χ1n) is 11.4. The highest BCUT2D eigenvalue weighted by atomic mass is 79.9. The molecule has 0 aromatic heterocycles. The number of nitrogens with zero attached hydrogens (tertiary/aromatic N) is 2. The number of nitrogen functional groups attached to an aromatic ring is 1. The van der Waals surface area contributed by atoms with Gasteiger partial charge >= 0.3 is 0 Å². The molecular weight excluding hydrogens is 464 g/mol. The molecule has 3 aliphatic rings. The van der Waals surface area contributed by atoms with E-state index in [4.69, 9.17) is 5.73 Å². The first kappa shape index (κ1) is 22.6. The highest BCUT2D eigenvalue weighted by molar-refractivity contribution is 9.10. The molecule has 1 amide bonds. The second-order valence-corrected chi connectivity index (χ2v) is 9.93. The third kappa shape index (κ3) is 5.07. The average Bonchev–Trinajstić information content (AvgIpc) is 3.19. The Labute approximate surface area is 199 Å². The zero-order valence-electron chi connectivity index (χ0n) is 18.7. The van der Waals surface area contributed by atoms with E-state index in [-0.39, 0.29) is 11.9 Å². The van der Waals surface area contributed by atoms with Crippen molar-refractivity contribution in [3.8, 4) is 0 Å². The lowest BCUT2D eigenvalue weighted by Crippen LogP contribution is -2.43. The largest absolute Gasteiger partial charge is 0.397 e. The Morgan fingerprint density at radius 2 is 2.09 bits per heavy atom. The maximum atomic E-state index is 13.8. The molecule has 0 saturated carbocycles. The van der Waals surface area contributed by atoms with Gasteiger partial charge in [0.1, 0.15) is 0 Å². The minimum absolute atomic E-state index is 0.0594. The molecule has 2 aliphatic heterocycles. The molecule has 3 N–H and O–H groups in total. The lowest BCUT2D eigenvalue weighted by atomic mass is 9.89. The predicted octanol–water partition coefficient (Wildman–Crippen LogP) is 5.49. The van der Waals surface area contributed by atoms with Crippen LogP contribution in [0.3, 0.4) is 0 Å². The van der Waals surface area contributed by atoms with Gasteiger partial charge < -0.3 is 16.0 Å². The third-order valence-electron chi connectivity index (χ3n) is 6.52. The first-order valence-corrected chi connectivity index (χ1v) is 12.1. The van der Waals surface area contributed by atoms with Crippen LogP contribution in [0.4, 0.5) is 11.4 Å². The van der Waals surface area contributed by atoms with Crippen LogP contribution >= 0.6 is 15.9 Å². The van der Waals surface area contributed by atoms with Gasteiger partial charge in [-0.2, -0.15) is 0 Å². The summed E-state index contributed by atoms with van der Waals surface area (Å²) in [5.74, 6) is 0.942. The van der Waals surface area contributed by atoms with Gasteiger partial charge in [0, 0.05) is 36.0 Å². The van der Waals surface area contributed by atoms with Crippen LogP contribution < -0.4 is 11.1 Å². The molecule has 168 valence electrons. The van der Waals surface area contributed by atoms with Crippen LogP contribution in [0.2, 0.25) is 0 Å². The fraction of sp³-hybridized carbons (Fsp3) is 0.385. The molecular formula is C26H31BrN4O. The number of aliphatic imine (C=N–C) groups is 1. The van der Waals surface area contributed by atoms with Gasteiger partial charge in [0.25, 0.3) is 5.91 Å². The monoisotopic (exact) mass is 494 g/mol. The number of nitrogens with one attached hydrogen (secondary N) is 1. The van der Waals surface area contributed by atoms with Crippen LogP contribution in [0.25, 0.3) is 0 Å². The quantitative estimate of drug-likeness (QED) is 0.543. The summed E-state index contributed by atoms with van der Waals surface area (Å²) in [6, 6.07) is 6.04. The number of hydrogen-bond donors (Lipinski definition) is 2. The first-order chi connectivity index (χ1) is 15.4. The van der Waals surface area contributed by atoms with Gasteiger partial charge in [0.05, 0.1) is 16.9 Å². The Bertz CT molecular complexity index is 1040. The highest BCUT2D eigenvalue weighted by Crippen LogP contribution is 2.32. The number of benzene rings is 1. The van der Waals surface area contributed by atoms with Gasteiger partial charge in [-0.1, -0.05) is 60.5 Å². The van der Waals surface area contributed by atoms with E-state index >= 15 is 0 Å². The van der Waals surface area contributed by atoms with E-state index in [1.54, 1.807) is 6.20 Å².